The Bertz CT molecular complexity index is 1140. The van der Waals surface area contributed by atoms with E-state index in [1.165, 1.54) is 25.3 Å². The SMILES string of the molecule is COc1ccc(OC(F)(F)F)cc1CNC1CCCN(C(=O)Cc2ccncc2)C1c1ccccc1. The summed E-state index contributed by atoms with van der Waals surface area (Å²) in [5, 5.41) is 3.48. The molecule has 190 valence electrons. The molecule has 0 saturated carbocycles. The summed E-state index contributed by atoms with van der Waals surface area (Å²) in [6, 6.07) is 17.1. The monoisotopic (exact) mass is 499 g/mol. The van der Waals surface area contributed by atoms with Crippen molar-refractivity contribution >= 4 is 5.91 Å². The number of aromatic nitrogens is 1. The smallest absolute Gasteiger partial charge is 0.496 e. The molecule has 4 rings (SSSR count). The van der Waals surface area contributed by atoms with Gasteiger partial charge in [0, 0.05) is 37.1 Å². The molecule has 1 aliphatic rings. The number of alkyl halides is 3. The summed E-state index contributed by atoms with van der Waals surface area (Å²) in [6.07, 6.45) is 0.431. The Morgan fingerprint density at radius 1 is 1.11 bits per heavy atom. The minimum atomic E-state index is -4.78. The van der Waals surface area contributed by atoms with Crippen LogP contribution in [0.4, 0.5) is 13.2 Å². The topological polar surface area (TPSA) is 63.7 Å². The van der Waals surface area contributed by atoms with Crippen LogP contribution in [0.15, 0.2) is 73.1 Å². The predicted molar refractivity (Wildman–Crippen MR) is 128 cm³/mol. The Morgan fingerprint density at radius 3 is 2.56 bits per heavy atom. The van der Waals surface area contributed by atoms with Gasteiger partial charge in [0.15, 0.2) is 0 Å². The third kappa shape index (κ3) is 6.54. The molecule has 36 heavy (non-hydrogen) atoms. The number of rotatable bonds is 8. The van der Waals surface area contributed by atoms with Crippen molar-refractivity contribution in [1.29, 1.82) is 0 Å². The maximum atomic E-state index is 13.4. The lowest BCUT2D eigenvalue weighted by Crippen LogP contribution is -2.50. The van der Waals surface area contributed by atoms with Gasteiger partial charge in [0.05, 0.1) is 19.6 Å². The van der Waals surface area contributed by atoms with E-state index in [-0.39, 0.29) is 36.7 Å². The Labute approximate surface area is 208 Å². The summed E-state index contributed by atoms with van der Waals surface area (Å²) in [5.74, 6) is 0.159. The number of benzene rings is 2. The first kappa shape index (κ1) is 25.5. The Kier molecular flexibility index (Phi) is 8.10. The van der Waals surface area contributed by atoms with Crippen LogP contribution >= 0.6 is 0 Å². The van der Waals surface area contributed by atoms with Crippen LogP contribution in [-0.4, -0.2) is 41.8 Å². The Morgan fingerprint density at radius 2 is 1.86 bits per heavy atom. The lowest BCUT2D eigenvalue weighted by Gasteiger charge is -2.42. The summed E-state index contributed by atoms with van der Waals surface area (Å²) >= 11 is 0. The molecule has 2 atom stereocenters. The average Bonchev–Trinajstić information content (AvgIpc) is 2.87. The van der Waals surface area contributed by atoms with Crippen molar-refractivity contribution in [2.24, 2.45) is 0 Å². The molecule has 2 heterocycles. The number of carbonyl (C=O) groups excluding carboxylic acids is 1. The minimum absolute atomic E-state index is 0.0136. The number of ether oxygens (including phenoxy) is 2. The van der Waals surface area contributed by atoms with Gasteiger partial charge in [-0.15, -0.1) is 13.2 Å². The zero-order valence-corrected chi connectivity index (χ0v) is 19.9. The molecule has 1 amide bonds. The van der Waals surface area contributed by atoms with Crippen LogP contribution in [0.2, 0.25) is 0 Å². The third-order valence-electron chi connectivity index (χ3n) is 6.24. The number of amides is 1. The van der Waals surface area contributed by atoms with Gasteiger partial charge in [0.2, 0.25) is 5.91 Å². The van der Waals surface area contributed by atoms with Crippen LogP contribution in [0, 0.1) is 0 Å². The fourth-order valence-corrected chi connectivity index (χ4v) is 4.66. The number of piperidine rings is 1. The van der Waals surface area contributed by atoms with Crippen molar-refractivity contribution in [3.05, 3.63) is 89.7 Å². The number of nitrogens with one attached hydrogen (secondary N) is 1. The molecule has 2 unspecified atom stereocenters. The number of nitrogens with zero attached hydrogens (tertiary/aromatic N) is 2. The first-order chi connectivity index (χ1) is 17.3. The van der Waals surface area contributed by atoms with Crippen LogP contribution in [0.3, 0.4) is 0 Å². The maximum Gasteiger partial charge on any atom is 0.573 e. The van der Waals surface area contributed by atoms with Gasteiger partial charge in [0.25, 0.3) is 0 Å². The highest BCUT2D eigenvalue weighted by Gasteiger charge is 2.35. The fourth-order valence-electron chi connectivity index (χ4n) is 4.66. The van der Waals surface area contributed by atoms with Crippen LogP contribution in [0.25, 0.3) is 0 Å². The van der Waals surface area contributed by atoms with E-state index in [0.29, 0.717) is 17.9 Å². The number of methoxy groups -OCH3 is 1. The lowest BCUT2D eigenvalue weighted by atomic mass is 9.89. The minimum Gasteiger partial charge on any atom is -0.496 e. The van der Waals surface area contributed by atoms with Crippen LogP contribution < -0.4 is 14.8 Å². The second-order valence-corrected chi connectivity index (χ2v) is 8.63. The van der Waals surface area contributed by atoms with Crippen LogP contribution in [0.5, 0.6) is 11.5 Å². The Hall–Kier alpha value is -3.59. The second kappa shape index (κ2) is 11.4. The maximum absolute atomic E-state index is 13.4. The average molecular weight is 500 g/mol. The van der Waals surface area contributed by atoms with Crippen molar-refractivity contribution in [2.75, 3.05) is 13.7 Å². The molecule has 0 spiro atoms. The van der Waals surface area contributed by atoms with E-state index in [1.807, 2.05) is 47.4 Å². The zero-order valence-electron chi connectivity index (χ0n) is 19.9. The quantitative estimate of drug-likeness (QED) is 0.470. The highest BCUT2D eigenvalue weighted by molar-refractivity contribution is 5.79. The summed E-state index contributed by atoms with van der Waals surface area (Å²) in [4.78, 5) is 19.3. The standard InChI is InChI=1S/C27H28F3N3O3/c1-35-24-10-9-22(36-27(28,29)30)17-21(24)18-32-23-8-5-15-33(26(23)20-6-3-2-4-7-20)25(34)16-19-11-13-31-14-12-19/h2-4,6-7,9-14,17,23,26,32H,5,8,15-16,18H2,1H3. The molecule has 1 aromatic heterocycles. The lowest BCUT2D eigenvalue weighted by molar-refractivity contribution is -0.274. The molecular formula is C27H28F3N3O3. The molecule has 0 radical (unpaired) electrons. The van der Waals surface area contributed by atoms with E-state index in [9.17, 15) is 18.0 Å². The van der Waals surface area contributed by atoms with E-state index >= 15 is 0 Å². The number of likely N-dealkylation sites (tertiary alicyclic amines) is 1. The summed E-state index contributed by atoms with van der Waals surface area (Å²) in [5.41, 5.74) is 2.42. The van der Waals surface area contributed by atoms with E-state index < -0.39 is 6.36 Å². The fraction of sp³-hybridized carbons (Fsp3) is 0.333. The van der Waals surface area contributed by atoms with Gasteiger partial charge in [-0.1, -0.05) is 30.3 Å². The molecule has 1 N–H and O–H groups in total. The van der Waals surface area contributed by atoms with Gasteiger partial charge in [-0.2, -0.15) is 0 Å². The number of pyridine rings is 1. The van der Waals surface area contributed by atoms with E-state index in [1.54, 1.807) is 12.4 Å². The van der Waals surface area contributed by atoms with Gasteiger partial charge >= 0.3 is 6.36 Å². The summed E-state index contributed by atoms with van der Waals surface area (Å²) in [6.45, 7) is 0.874. The molecule has 1 fully saturated rings. The molecule has 3 aromatic rings. The first-order valence-corrected chi connectivity index (χ1v) is 11.7. The molecule has 9 heteroatoms. The van der Waals surface area contributed by atoms with E-state index in [0.717, 1.165) is 24.0 Å². The largest absolute Gasteiger partial charge is 0.573 e. The van der Waals surface area contributed by atoms with E-state index in [2.05, 4.69) is 15.0 Å². The molecule has 0 aliphatic carbocycles. The molecule has 1 aliphatic heterocycles. The zero-order chi connectivity index (χ0) is 25.5. The molecule has 2 aromatic carbocycles. The highest BCUT2D eigenvalue weighted by atomic mass is 19.4. The third-order valence-corrected chi connectivity index (χ3v) is 6.24. The van der Waals surface area contributed by atoms with Gasteiger partial charge in [-0.25, -0.2) is 0 Å². The van der Waals surface area contributed by atoms with Crippen LogP contribution in [-0.2, 0) is 17.8 Å². The van der Waals surface area contributed by atoms with Gasteiger partial charge < -0.3 is 19.7 Å². The van der Waals surface area contributed by atoms with Crippen LogP contribution in [0.1, 0.15) is 35.6 Å². The molecule has 6 nitrogen and oxygen atoms in total. The van der Waals surface area contributed by atoms with Crippen molar-refractivity contribution < 1.29 is 27.4 Å². The normalized spacial score (nSPS) is 18.1. The highest BCUT2D eigenvalue weighted by Crippen LogP contribution is 2.33. The van der Waals surface area contributed by atoms with Gasteiger partial charge in [0.1, 0.15) is 11.5 Å². The van der Waals surface area contributed by atoms with Crippen molar-refractivity contribution in [1.82, 2.24) is 15.2 Å². The number of hydrogen-bond donors (Lipinski definition) is 1. The van der Waals surface area contributed by atoms with E-state index in [4.69, 9.17) is 4.74 Å². The number of carbonyl (C=O) groups is 1. The Balaban J connectivity index is 1.56. The summed E-state index contributed by atoms with van der Waals surface area (Å²) in [7, 11) is 1.47. The predicted octanol–water partition coefficient (Wildman–Crippen LogP) is 5.05. The molecule has 0 bridgehead atoms. The van der Waals surface area contributed by atoms with Crippen molar-refractivity contribution in [3.8, 4) is 11.5 Å². The van der Waals surface area contributed by atoms with Gasteiger partial charge in [-0.05, 0) is 54.3 Å². The van der Waals surface area contributed by atoms with Gasteiger partial charge in [-0.3, -0.25) is 9.78 Å². The number of halogens is 3. The molecule has 1 saturated heterocycles. The summed E-state index contributed by atoms with van der Waals surface area (Å²) < 4.78 is 47.7. The van der Waals surface area contributed by atoms with Crippen molar-refractivity contribution in [2.45, 2.75) is 44.3 Å². The molecular weight excluding hydrogens is 471 g/mol. The first-order valence-electron chi connectivity index (χ1n) is 11.7. The second-order valence-electron chi connectivity index (χ2n) is 8.63. The van der Waals surface area contributed by atoms with Crippen molar-refractivity contribution in [3.63, 3.8) is 0 Å². The number of hydrogen-bond acceptors (Lipinski definition) is 5.